The number of rotatable bonds is 5. The molecule has 1 aromatic heterocycles. The summed E-state index contributed by atoms with van der Waals surface area (Å²) in [6, 6.07) is 7.60. The van der Waals surface area contributed by atoms with Crippen molar-refractivity contribution in [2.24, 2.45) is 5.92 Å². The van der Waals surface area contributed by atoms with Crippen LogP contribution < -0.4 is 5.32 Å². The molecule has 0 saturated carbocycles. The molecule has 1 heterocycles. The number of amides is 1. The maximum Gasteiger partial charge on any atom is 0.221 e. The number of aryl methyl sites for hydroxylation is 1. The zero-order valence-corrected chi connectivity index (χ0v) is 13.0. The molecule has 0 atom stereocenters. The van der Waals surface area contributed by atoms with E-state index >= 15 is 0 Å². The first-order chi connectivity index (χ1) is 10.0. The van der Waals surface area contributed by atoms with Gasteiger partial charge in [0.05, 0.1) is 16.6 Å². The Kier molecular flexibility index (Phi) is 4.76. The van der Waals surface area contributed by atoms with Crippen LogP contribution in [0.25, 0.3) is 11.0 Å². The second-order valence-electron chi connectivity index (χ2n) is 5.34. The molecule has 1 amide bonds. The topological polar surface area (TPSA) is 73.6 Å². The lowest BCUT2D eigenvalue weighted by molar-refractivity contribution is -0.121. The van der Waals surface area contributed by atoms with Gasteiger partial charge in [-0.25, -0.2) is 0 Å². The minimum atomic E-state index is 0.0105. The van der Waals surface area contributed by atoms with E-state index in [4.69, 9.17) is 17.5 Å². The summed E-state index contributed by atoms with van der Waals surface area (Å²) in [5, 5.41) is 12.0. The molecular formula is C15H18N4OS. The van der Waals surface area contributed by atoms with Gasteiger partial charge in [0.25, 0.3) is 0 Å². The number of hydrogen-bond acceptors (Lipinski definition) is 3. The van der Waals surface area contributed by atoms with Gasteiger partial charge in [-0.3, -0.25) is 4.79 Å². The van der Waals surface area contributed by atoms with E-state index in [0.717, 1.165) is 11.0 Å². The maximum absolute atomic E-state index is 11.8. The number of nitrogens with zero attached hydrogens (tertiary/aromatic N) is 2. The molecule has 0 aliphatic carbocycles. The summed E-state index contributed by atoms with van der Waals surface area (Å²) >= 11 is 5.28. The number of nitriles is 1. The summed E-state index contributed by atoms with van der Waals surface area (Å²) in [4.78, 5) is 14.8. The van der Waals surface area contributed by atoms with Crippen LogP contribution in [-0.2, 0) is 11.3 Å². The first kappa shape index (κ1) is 15.3. The van der Waals surface area contributed by atoms with E-state index < -0.39 is 0 Å². The highest BCUT2D eigenvalue weighted by molar-refractivity contribution is 7.71. The summed E-state index contributed by atoms with van der Waals surface area (Å²) in [7, 11) is 0. The summed E-state index contributed by atoms with van der Waals surface area (Å²) in [5.74, 6) is 0.443. The minimum absolute atomic E-state index is 0.0105. The summed E-state index contributed by atoms with van der Waals surface area (Å²) < 4.78 is 2.39. The van der Waals surface area contributed by atoms with Crippen LogP contribution in [-0.4, -0.2) is 22.0 Å². The van der Waals surface area contributed by atoms with Crippen LogP contribution in [0.1, 0.15) is 25.8 Å². The Labute approximate surface area is 128 Å². The third-order valence-corrected chi connectivity index (χ3v) is 3.52. The van der Waals surface area contributed by atoms with Crippen LogP contribution in [0.4, 0.5) is 0 Å². The first-order valence-electron chi connectivity index (χ1n) is 6.91. The van der Waals surface area contributed by atoms with Crippen molar-refractivity contribution in [3.8, 4) is 6.07 Å². The average molecular weight is 302 g/mol. The normalized spacial score (nSPS) is 10.8. The smallest absolute Gasteiger partial charge is 0.221 e. The number of carbonyl (C=O) groups is 1. The van der Waals surface area contributed by atoms with E-state index in [1.807, 2.05) is 16.7 Å². The Morgan fingerprint density at radius 2 is 2.29 bits per heavy atom. The summed E-state index contributed by atoms with van der Waals surface area (Å²) in [5.41, 5.74) is 2.14. The van der Waals surface area contributed by atoms with Crippen molar-refractivity contribution in [2.45, 2.75) is 26.8 Å². The van der Waals surface area contributed by atoms with Crippen molar-refractivity contribution < 1.29 is 4.79 Å². The molecule has 0 spiro atoms. The molecule has 6 heteroatoms. The van der Waals surface area contributed by atoms with E-state index in [1.165, 1.54) is 0 Å². The quantitative estimate of drug-likeness (QED) is 0.834. The molecule has 0 saturated heterocycles. The lowest BCUT2D eigenvalue weighted by atomic mass is 10.2. The molecule has 2 N–H and O–H groups in total. The van der Waals surface area contributed by atoms with E-state index in [2.05, 4.69) is 30.2 Å². The SMILES string of the molecule is CC(C)CNC(=O)CCn1c(=S)[nH]c2c(C#N)cccc21. The highest BCUT2D eigenvalue weighted by Crippen LogP contribution is 2.18. The number of benzene rings is 1. The van der Waals surface area contributed by atoms with Crippen molar-refractivity contribution in [3.63, 3.8) is 0 Å². The number of para-hydroxylation sites is 1. The van der Waals surface area contributed by atoms with Crippen molar-refractivity contribution in [1.29, 1.82) is 5.26 Å². The van der Waals surface area contributed by atoms with Crippen molar-refractivity contribution in [2.75, 3.05) is 6.54 Å². The molecule has 0 radical (unpaired) electrons. The Hall–Kier alpha value is -2.13. The van der Waals surface area contributed by atoms with Gasteiger partial charge in [-0.1, -0.05) is 19.9 Å². The highest BCUT2D eigenvalue weighted by atomic mass is 32.1. The zero-order valence-electron chi connectivity index (χ0n) is 12.1. The number of hydrogen-bond donors (Lipinski definition) is 2. The number of aromatic amines is 1. The number of nitrogens with one attached hydrogen (secondary N) is 2. The van der Waals surface area contributed by atoms with Gasteiger partial charge in [-0.15, -0.1) is 0 Å². The van der Waals surface area contributed by atoms with E-state index in [1.54, 1.807) is 6.07 Å². The van der Waals surface area contributed by atoms with Crippen molar-refractivity contribution in [3.05, 3.63) is 28.5 Å². The Bertz CT molecular complexity index is 751. The third-order valence-electron chi connectivity index (χ3n) is 3.20. The number of H-pyrrole nitrogens is 1. The molecule has 21 heavy (non-hydrogen) atoms. The Morgan fingerprint density at radius 3 is 2.95 bits per heavy atom. The van der Waals surface area contributed by atoms with Crippen LogP contribution in [0.15, 0.2) is 18.2 Å². The van der Waals surface area contributed by atoms with Gasteiger partial charge in [0, 0.05) is 19.5 Å². The molecule has 1 aromatic carbocycles. The van der Waals surface area contributed by atoms with Crippen molar-refractivity contribution >= 4 is 29.2 Å². The second-order valence-corrected chi connectivity index (χ2v) is 5.73. The molecule has 0 bridgehead atoms. The van der Waals surface area contributed by atoms with Gasteiger partial charge in [0.15, 0.2) is 4.77 Å². The predicted molar refractivity (Wildman–Crippen MR) is 84.3 cm³/mol. The van der Waals surface area contributed by atoms with Crippen LogP contribution in [0.2, 0.25) is 0 Å². The molecule has 2 rings (SSSR count). The fourth-order valence-corrected chi connectivity index (χ4v) is 2.41. The van der Waals surface area contributed by atoms with E-state index in [9.17, 15) is 4.79 Å². The largest absolute Gasteiger partial charge is 0.356 e. The first-order valence-corrected chi connectivity index (χ1v) is 7.32. The van der Waals surface area contributed by atoms with E-state index in [0.29, 0.717) is 35.8 Å². The predicted octanol–water partition coefficient (Wildman–Crippen LogP) is 2.73. The summed E-state index contributed by atoms with van der Waals surface area (Å²) in [6.07, 6.45) is 0.366. The van der Waals surface area contributed by atoms with Gasteiger partial charge < -0.3 is 14.9 Å². The summed E-state index contributed by atoms with van der Waals surface area (Å²) in [6.45, 7) is 5.28. The molecular weight excluding hydrogens is 284 g/mol. The van der Waals surface area contributed by atoms with Crippen LogP contribution >= 0.6 is 12.2 Å². The lowest BCUT2D eigenvalue weighted by Gasteiger charge is -2.08. The standard InChI is InChI=1S/C15H18N4OS/c1-10(2)9-17-13(20)6-7-19-12-5-3-4-11(8-16)14(12)18-15(19)21/h3-5,10H,6-7,9H2,1-2H3,(H,17,20)(H,18,21). The van der Waals surface area contributed by atoms with Gasteiger partial charge in [0.1, 0.15) is 6.07 Å². The minimum Gasteiger partial charge on any atom is -0.356 e. The maximum atomic E-state index is 11.8. The molecule has 110 valence electrons. The molecule has 0 aliphatic heterocycles. The monoisotopic (exact) mass is 302 g/mol. The highest BCUT2D eigenvalue weighted by Gasteiger charge is 2.09. The number of aromatic nitrogens is 2. The number of fused-ring (bicyclic) bond motifs is 1. The molecule has 5 nitrogen and oxygen atoms in total. The van der Waals surface area contributed by atoms with Gasteiger partial charge >= 0.3 is 0 Å². The fraction of sp³-hybridized carbons (Fsp3) is 0.400. The Morgan fingerprint density at radius 1 is 1.52 bits per heavy atom. The zero-order chi connectivity index (χ0) is 15.4. The van der Waals surface area contributed by atoms with Crippen LogP contribution in [0, 0.1) is 22.0 Å². The number of imidazole rings is 1. The van der Waals surface area contributed by atoms with E-state index in [-0.39, 0.29) is 5.91 Å². The van der Waals surface area contributed by atoms with Gasteiger partial charge in [-0.05, 0) is 30.3 Å². The van der Waals surface area contributed by atoms with Crippen molar-refractivity contribution in [1.82, 2.24) is 14.9 Å². The number of carbonyl (C=O) groups excluding carboxylic acids is 1. The van der Waals surface area contributed by atoms with Gasteiger partial charge in [-0.2, -0.15) is 5.26 Å². The average Bonchev–Trinajstić information content (AvgIpc) is 2.78. The molecule has 0 fully saturated rings. The fourth-order valence-electron chi connectivity index (χ4n) is 2.12. The molecule has 2 aromatic rings. The third kappa shape index (κ3) is 3.50. The van der Waals surface area contributed by atoms with Crippen LogP contribution in [0.5, 0.6) is 0 Å². The Balaban J connectivity index is 2.16. The molecule has 0 unspecified atom stereocenters. The van der Waals surface area contributed by atoms with Gasteiger partial charge in [0.2, 0.25) is 5.91 Å². The molecule has 0 aliphatic rings. The van der Waals surface area contributed by atoms with Crippen LogP contribution in [0.3, 0.4) is 0 Å². The second kappa shape index (κ2) is 6.55. The lowest BCUT2D eigenvalue weighted by Crippen LogP contribution is -2.28.